The van der Waals surface area contributed by atoms with Gasteiger partial charge in [-0.2, -0.15) is 23.3 Å². The van der Waals surface area contributed by atoms with Crippen LogP contribution in [0.5, 0.6) is 0 Å². The second kappa shape index (κ2) is 7.05. The number of hydrogen-bond donors (Lipinski definition) is 3. The number of amides is 3. The van der Waals surface area contributed by atoms with Crippen molar-refractivity contribution in [2.24, 2.45) is 5.73 Å². The molecule has 2 aliphatic rings. The van der Waals surface area contributed by atoms with Gasteiger partial charge in [0, 0.05) is 31.4 Å². The molecule has 0 aliphatic carbocycles. The number of fused-ring (bicyclic) bond motifs is 4. The Hall–Kier alpha value is -2.26. The molecule has 0 saturated carbocycles. The van der Waals surface area contributed by atoms with E-state index in [4.69, 9.17) is 10.3 Å². The van der Waals surface area contributed by atoms with Gasteiger partial charge in [0.15, 0.2) is 0 Å². The summed E-state index contributed by atoms with van der Waals surface area (Å²) < 4.78 is 36.6. The van der Waals surface area contributed by atoms with E-state index >= 15 is 0 Å². The Morgan fingerprint density at radius 3 is 2.81 bits per heavy atom. The summed E-state index contributed by atoms with van der Waals surface area (Å²) in [7, 11) is -1.16. The molecule has 1 saturated heterocycles. The molecule has 27 heavy (non-hydrogen) atoms. The molecule has 0 aromatic carbocycles. The van der Waals surface area contributed by atoms with Crippen LogP contribution in [-0.2, 0) is 14.7 Å². The van der Waals surface area contributed by atoms with Gasteiger partial charge in [0.25, 0.3) is 0 Å². The lowest BCUT2D eigenvalue weighted by molar-refractivity contribution is -0.0317. The first-order valence-corrected chi connectivity index (χ1v) is 9.48. The van der Waals surface area contributed by atoms with Crippen LogP contribution >= 0.6 is 0 Å². The molecule has 1 unspecified atom stereocenters. The third kappa shape index (κ3) is 3.74. The number of carbonyl (C=O) groups excluding carboxylic acids is 2. The van der Waals surface area contributed by atoms with Crippen LogP contribution in [0.15, 0.2) is 6.20 Å². The van der Waals surface area contributed by atoms with E-state index in [1.54, 1.807) is 0 Å². The van der Waals surface area contributed by atoms with Crippen LogP contribution < -0.4 is 11.1 Å². The van der Waals surface area contributed by atoms with Crippen molar-refractivity contribution >= 4 is 22.5 Å². The van der Waals surface area contributed by atoms with E-state index in [0.29, 0.717) is 29.4 Å². The monoisotopic (exact) mass is 403 g/mol. The quantitative estimate of drug-likeness (QED) is 0.481. The van der Waals surface area contributed by atoms with Gasteiger partial charge in [-0.1, -0.05) is 0 Å². The molecular formula is C13H21N7O6S. The lowest BCUT2D eigenvalue weighted by atomic mass is 9.98. The van der Waals surface area contributed by atoms with Gasteiger partial charge in [0.05, 0.1) is 18.3 Å². The van der Waals surface area contributed by atoms with Crippen LogP contribution in [0.3, 0.4) is 0 Å². The molecule has 1 aromatic rings. The molecule has 0 spiro atoms. The van der Waals surface area contributed by atoms with Gasteiger partial charge in [-0.25, -0.2) is 9.59 Å². The molecule has 2 aliphatic heterocycles. The summed E-state index contributed by atoms with van der Waals surface area (Å²) in [6.45, 7) is 1.16. The van der Waals surface area contributed by atoms with Crippen LogP contribution in [0.4, 0.5) is 9.59 Å². The molecule has 3 amide bonds. The van der Waals surface area contributed by atoms with Crippen molar-refractivity contribution in [3.63, 3.8) is 0 Å². The summed E-state index contributed by atoms with van der Waals surface area (Å²) in [5, 5.41) is 7.49. The van der Waals surface area contributed by atoms with Crippen molar-refractivity contribution < 1.29 is 26.8 Å². The third-order valence-corrected chi connectivity index (χ3v) is 4.70. The molecule has 3 rings (SSSR count). The van der Waals surface area contributed by atoms with Gasteiger partial charge in [-0.05, 0) is 14.1 Å². The molecule has 1 aromatic heterocycles. The van der Waals surface area contributed by atoms with Gasteiger partial charge in [0.2, 0.25) is 0 Å². The standard InChI is InChI=1S/C13H21N7O6S/c1-17(2)4-3-15-12(21)19-6-8-10-7-18(9(5-14)11(8)16-19)13(22)20(10)26-27(23,24)25/h6,9-10H,3-5,7,14H2,1-2H3,(H,15,21)(H,23,24,25)/t9?,10-/m1/s1. The fourth-order valence-corrected chi connectivity index (χ4v) is 3.51. The number of hydrogen-bond acceptors (Lipinski definition) is 8. The zero-order chi connectivity index (χ0) is 19.9. The SMILES string of the molecule is CN(C)CCNC(=O)n1cc2c(n1)C(CN)N1C[C@H]2N(OS(=O)(=O)O)C1=O. The molecule has 14 heteroatoms. The lowest BCUT2D eigenvalue weighted by Gasteiger charge is -2.28. The van der Waals surface area contributed by atoms with E-state index < -0.39 is 34.5 Å². The second-order valence-electron chi connectivity index (χ2n) is 6.48. The van der Waals surface area contributed by atoms with E-state index in [2.05, 4.69) is 14.7 Å². The van der Waals surface area contributed by atoms with E-state index in [0.717, 1.165) is 4.68 Å². The zero-order valence-corrected chi connectivity index (χ0v) is 15.6. The van der Waals surface area contributed by atoms with Crippen LogP contribution in [0.2, 0.25) is 0 Å². The third-order valence-electron chi connectivity index (χ3n) is 4.35. The highest BCUT2D eigenvalue weighted by Crippen LogP contribution is 2.43. The Kier molecular flexibility index (Phi) is 5.09. The highest BCUT2D eigenvalue weighted by molar-refractivity contribution is 7.80. The van der Waals surface area contributed by atoms with Gasteiger partial charge >= 0.3 is 22.5 Å². The summed E-state index contributed by atoms with van der Waals surface area (Å²) in [5.74, 6) is 0. The first-order valence-electron chi connectivity index (χ1n) is 8.11. The van der Waals surface area contributed by atoms with Crippen molar-refractivity contribution in [1.29, 1.82) is 0 Å². The Labute approximate surface area is 155 Å². The Balaban J connectivity index is 1.88. The van der Waals surface area contributed by atoms with Crippen LogP contribution in [0.25, 0.3) is 0 Å². The van der Waals surface area contributed by atoms with Crippen molar-refractivity contribution in [3.05, 3.63) is 17.5 Å². The summed E-state index contributed by atoms with van der Waals surface area (Å²) in [6.07, 6.45) is 1.41. The molecule has 4 N–H and O–H groups in total. The van der Waals surface area contributed by atoms with Crippen molar-refractivity contribution in [1.82, 2.24) is 30.0 Å². The van der Waals surface area contributed by atoms with Gasteiger partial charge in [-0.15, -0.1) is 4.28 Å². The van der Waals surface area contributed by atoms with Gasteiger partial charge in [-0.3, -0.25) is 4.55 Å². The lowest BCUT2D eigenvalue weighted by Crippen LogP contribution is -2.39. The average Bonchev–Trinajstić information content (AvgIpc) is 3.11. The van der Waals surface area contributed by atoms with E-state index in [1.165, 1.54) is 11.1 Å². The topological polar surface area (TPSA) is 163 Å². The van der Waals surface area contributed by atoms with Crippen LogP contribution in [0, 0.1) is 0 Å². The number of nitrogens with zero attached hydrogens (tertiary/aromatic N) is 5. The maximum atomic E-state index is 12.4. The Morgan fingerprint density at radius 2 is 2.22 bits per heavy atom. The minimum Gasteiger partial charge on any atom is -0.335 e. The van der Waals surface area contributed by atoms with E-state index in [1.807, 2.05) is 19.0 Å². The van der Waals surface area contributed by atoms with Crippen LogP contribution in [-0.4, -0.2) is 90.0 Å². The van der Waals surface area contributed by atoms with Gasteiger partial charge < -0.3 is 20.9 Å². The summed E-state index contributed by atoms with van der Waals surface area (Å²) in [5.41, 5.74) is 6.57. The Morgan fingerprint density at radius 1 is 1.52 bits per heavy atom. The number of aromatic nitrogens is 2. The maximum absolute atomic E-state index is 12.4. The zero-order valence-electron chi connectivity index (χ0n) is 14.8. The molecule has 2 bridgehead atoms. The van der Waals surface area contributed by atoms with Crippen molar-refractivity contribution in [2.75, 3.05) is 40.3 Å². The number of rotatable bonds is 6. The Bertz CT molecular complexity index is 853. The minimum atomic E-state index is -4.90. The van der Waals surface area contributed by atoms with E-state index in [-0.39, 0.29) is 13.1 Å². The molecule has 13 nitrogen and oxygen atoms in total. The van der Waals surface area contributed by atoms with Crippen molar-refractivity contribution in [2.45, 2.75) is 12.1 Å². The van der Waals surface area contributed by atoms with Crippen molar-refractivity contribution in [3.8, 4) is 0 Å². The van der Waals surface area contributed by atoms with Gasteiger partial charge in [0.1, 0.15) is 6.04 Å². The number of carbonyl (C=O) groups is 2. The number of likely N-dealkylation sites (N-methyl/N-ethyl adjacent to an activating group) is 1. The second-order valence-corrected chi connectivity index (χ2v) is 7.48. The molecule has 1 fully saturated rings. The summed E-state index contributed by atoms with van der Waals surface area (Å²) in [4.78, 5) is 27.9. The first-order chi connectivity index (χ1) is 12.6. The summed E-state index contributed by atoms with van der Waals surface area (Å²) in [6, 6.07) is -2.72. The van der Waals surface area contributed by atoms with E-state index in [9.17, 15) is 18.0 Å². The first kappa shape index (κ1) is 19.5. The molecular weight excluding hydrogens is 382 g/mol. The fourth-order valence-electron chi connectivity index (χ4n) is 3.14. The smallest absolute Gasteiger partial charge is 0.335 e. The fraction of sp³-hybridized carbons (Fsp3) is 0.615. The number of nitrogens with one attached hydrogen (secondary N) is 1. The predicted molar refractivity (Wildman–Crippen MR) is 90.7 cm³/mol. The predicted octanol–water partition coefficient (Wildman–Crippen LogP) is -1.47. The molecule has 3 heterocycles. The highest BCUT2D eigenvalue weighted by atomic mass is 32.3. The minimum absolute atomic E-state index is 0.0183. The van der Waals surface area contributed by atoms with Crippen LogP contribution in [0.1, 0.15) is 23.3 Å². The molecule has 2 atom stereocenters. The number of hydroxylamine groups is 2. The molecule has 150 valence electrons. The summed E-state index contributed by atoms with van der Waals surface area (Å²) >= 11 is 0. The number of nitrogens with two attached hydrogens (primary N) is 1. The average molecular weight is 403 g/mol. The largest absolute Gasteiger partial charge is 0.418 e. The maximum Gasteiger partial charge on any atom is 0.418 e. The normalized spacial score (nSPS) is 21.7. The molecule has 0 radical (unpaired) electrons. The highest BCUT2D eigenvalue weighted by Gasteiger charge is 2.51. The number of urea groups is 1.